The molecule has 0 spiro atoms. The number of carbonyl (C=O) groups is 1. The number of benzene rings is 1. The van der Waals surface area contributed by atoms with Crippen molar-refractivity contribution in [3.8, 4) is 5.88 Å². The van der Waals surface area contributed by atoms with Gasteiger partial charge in [0.05, 0.1) is 23.5 Å². The lowest BCUT2D eigenvalue weighted by molar-refractivity contribution is 0.0696. The summed E-state index contributed by atoms with van der Waals surface area (Å²) in [6.45, 7) is 0. The van der Waals surface area contributed by atoms with Crippen molar-refractivity contribution in [1.82, 2.24) is 24.6 Å². The lowest BCUT2D eigenvalue weighted by Crippen LogP contribution is -2.20. The Morgan fingerprint density at radius 2 is 2.12 bits per heavy atom. The monoisotopic (exact) mass is 437 g/mol. The Hall–Kier alpha value is -4.48. The largest absolute Gasteiger partial charge is 0.493 e. The molecule has 1 aromatic carbocycles. The van der Waals surface area contributed by atoms with E-state index in [-0.39, 0.29) is 34.7 Å². The van der Waals surface area contributed by atoms with E-state index in [0.717, 1.165) is 18.9 Å². The zero-order valence-electron chi connectivity index (χ0n) is 16.3. The third-order valence-corrected chi connectivity index (χ3v) is 4.86. The highest BCUT2D eigenvalue weighted by Gasteiger charge is 2.20. The molecule has 0 unspecified atom stereocenters. The maximum atomic E-state index is 14.4. The third kappa shape index (κ3) is 3.69. The van der Waals surface area contributed by atoms with Crippen molar-refractivity contribution in [3.05, 3.63) is 68.7 Å². The summed E-state index contributed by atoms with van der Waals surface area (Å²) in [5.41, 5.74) is 0.314. The molecule has 1 saturated carbocycles. The van der Waals surface area contributed by atoms with E-state index in [2.05, 4.69) is 30.4 Å². The number of aromatic amines is 2. The Morgan fingerprint density at radius 3 is 2.78 bits per heavy atom. The zero-order valence-corrected chi connectivity index (χ0v) is 16.3. The molecule has 3 heterocycles. The molecule has 0 amide bonds. The molecule has 0 saturated heterocycles. The molecule has 5 rings (SSSR count). The normalized spacial score (nSPS) is 14.9. The first kappa shape index (κ1) is 19.5. The number of fused-ring (bicyclic) bond motifs is 1. The number of carboxylic acid groups (broad SMARTS) is 1. The first-order valence-corrected chi connectivity index (χ1v) is 9.63. The number of halogens is 1. The molecule has 0 radical (unpaired) electrons. The smallest absolute Gasteiger partial charge is 0.335 e. The summed E-state index contributed by atoms with van der Waals surface area (Å²) in [4.78, 5) is 36.3. The van der Waals surface area contributed by atoms with E-state index in [1.807, 2.05) is 0 Å². The molecule has 0 bridgehead atoms. The average molecular weight is 437 g/mol. The quantitative estimate of drug-likeness (QED) is 0.306. The zero-order chi connectivity index (χ0) is 22.4. The van der Waals surface area contributed by atoms with Crippen LogP contribution in [0.1, 0.15) is 28.9 Å². The summed E-state index contributed by atoms with van der Waals surface area (Å²) in [7, 11) is 0. The second-order valence-corrected chi connectivity index (χ2v) is 7.31. The van der Waals surface area contributed by atoms with Crippen LogP contribution in [0.2, 0.25) is 0 Å². The summed E-state index contributed by atoms with van der Waals surface area (Å²) in [6, 6.07) is 5.30. The van der Waals surface area contributed by atoms with Gasteiger partial charge < -0.3 is 20.5 Å². The van der Waals surface area contributed by atoms with E-state index in [1.165, 1.54) is 28.9 Å². The number of aromatic carboxylic acids is 1. The van der Waals surface area contributed by atoms with Crippen LogP contribution in [0, 0.1) is 5.82 Å². The minimum atomic E-state index is -1.23. The second kappa shape index (κ2) is 7.34. The number of hydrogen-bond donors (Lipinski definition) is 5. The fourth-order valence-electron chi connectivity index (χ4n) is 3.15. The maximum Gasteiger partial charge on any atom is 0.335 e. The minimum Gasteiger partial charge on any atom is -0.493 e. The van der Waals surface area contributed by atoms with Crippen molar-refractivity contribution in [1.29, 1.82) is 0 Å². The molecular weight excluding hydrogens is 421 g/mol. The van der Waals surface area contributed by atoms with Gasteiger partial charge in [0, 0.05) is 11.3 Å². The van der Waals surface area contributed by atoms with Crippen LogP contribution in [-0.2, 0) is 0 Å². The Bertz CT molecular complexity index is 1550. The van der Waals surface area contributed by atoms with Crippen LogP contribution >= 0.6 is 0 Å². The summed E-state index contributed by atoms with van der Waals surface area (Å²) in [5.74, 6) is -2.04. The number of aromatic nitrogens is 5. The van der Waals surface area contributed by atoms with E-state index in [4.69, 9.17) is 5.11 Å². The predicted octanol–water partition coefficient (Wildman–Crippen LogP) is 0.643. The number of hydrogen-bond acceptors (Lipinski definition) is 7. The first-order valence-electron chi connectivity index (χ1n) is 9.63. The van der Waals surface area contributed by atoms with Gasteiger partial charge >= 0.3 is 11.7 Å². The van der Waals surface area contributed by atoms with Gasteiger partial charge in [-0.15, -0.1) is 0 Å². The molecule has 12 heteroatoms. The molecular formula is C20H16FN7O4. The average Bonchev–Trinajstić information content (AvgIpc) is 3.38. The van der Waals surface area contributed by atoms with Crippen molar-refractivity contribution >= 4 is 29.2 Å². The lowest BCUT2D eigenvalue weighted by Gasteiger charge is -2.08. The second-order valence-electron chi connectivity index (χ2n) is 7.31. The van der Waals surface area contributed by atoms with Crippen LogP contribution in [0.25, 0.3) is 11.7 Å². The summed E-state index contributed by atoms with van der Waals surface area (Å²) in [5, 5.41) is 26.5. The fourth-order valence-corrected chi connectivity index (χ4v) is 3.15. The van der Waals surface area contributed by atoms with Crippen LogP contribution in [0.15, 0.2) is 40.2 Å². The standard InChI is InChI=1S/C20H16FN7O4/c21-12-5-9(19(30)31)1-4-13(12)24-15-7-16(23-11-2-3-11)28-17(26-15)10(8-22-28)6-14-18(29)27-20(32)25-14/h1,4-8,11,24,29H,2-3H2,(H,30,31)(H2,25,27,32)/b10-6-,23-16?. The fraction of sp³-hybridized carbons (Fsp3) is 0.150. The number of anilines is 2. The highest BCUT2D eigenvalue weighted by Crippen LogP contribution is 2.23. The molecule has 5 N–H and O–H groups in total. The van der Waals surface area contributed by atoms with Crippen molar-refractivity contribution in [2.24, 2.45) is 4.99 Å². The molecule has 1 fully saturated rings. The number of H-pyrrole nitrogens is 2. The third-order valence-electron chi connectivity index (χ3n) is 4.86. The lowest BCUT2D eigenvalue weighted by atomic mass is 10.2. The molecule has 11 nitrogen and oxygen atoms in total. The van der Waals surface area contributed by atoms with Crippen LogP contribution in [0.3, 0.4) is 0 Å². The highest BCUT2D eigenvalue weighted by atomic mass is 19.1. The van der Waals surface area contributed by atoms with Crippen LogP contribution in [0.4, 0.5) is 15.9 Å². The van der Waals surface area contributed by atoms with Crippen molar-refractivity contribution < 1.29 is 19.4 Å². The Morgan fingerprint density at radius 1 is 1.31 bits per heavy atom. The van der Waals surface area contributed by atoms with Gasteiger partial charge in [0.1, 0.15) is 17.3 Å². The molecule has 0 atom stereocenters. The summed E-state index contributed by atoms with van der Waals surface area (Å²) >= 11 is 0. The number of imidazole rings is 1. The van der Waals surface area contributed by atoms with Crippen molar-refractivity contribution in [2.75, 3.05) is 5.32 Å². The van der Waals surface area contributed by atoms with Crippen molar-refractivity contribution in [3.63, 3.8) is 0 Å². The summed E-state index contributed by atoms with van der Waals surface area (Å²) < 4.78 is 15.9. The molecule has 1 aliphatic rings. The van der Waals surface area contributed by atoms with Gasteiger partial charge in [-0.3, -0.25) is 9.98 Å². The topological polar surface area (TPSA) is 161 Å². The molecule has 1 aliphatic carbocycles. The van der Waals surface area contributed by atoms with Crippen LogP contribution in [-0.4, -0.2) is 46.8 Å². The molecule has 3 aromatic heterocycles. The van der Waals surface area contributed by atoms with Gasteiger partial charge in [0.25, 0.3) is 0 Å². The van der Waals surface area contributed by atoms with Gasteiger partial charge in [-0.2, -0.15) is 9.61 Å². The van der Waals surface area contributed by atoms with Crippen LogP contribution < -0.4 is 21.7 Å². The van der Waals surface area contributed by atoms with Gasteiger partial charge in [0.2, 0.25) is 5.88 Å². The molecule has 4 aromatic rings. The van der Waals surface area contributed by atoms with Crippen LogP contribution in [0.5, 0.6) is 5.88 Å². The van der Waals surface area contributed by atoms with Crippen molar-refractivity contribution in [2.45, 2.75) is 18.9 Å². The number of aromatic hydroxyl groups is 1. The van der Waals surface area contributed by atoms with Gasteiger partial charge in [0.15, 0.2) is 11.1 Å². The van der Waals surface area contributed by atoms with E-state index < -0.39 is 17.5 Å². The Balaban J connectivity index is 1.64. The van der Waals surface area contributed by atoms with Gasteiger partial charge in [-0.25, -0.2) is 19.0 Å². The van der Waals surface area contributed by atoms with E-state index >= 15 is 0 Å². The van der Waals surface area contributed by atoms with Gasteiger partial charge in [-0.1, -0.05) is 0 Å². The van der Waals surface area contributed by atoms with E-state index in [0.29, 0.717) is 16.4 Å². The number of nitrogens with zero attached hydrogens (tertiary/aromatic N) is 4. The number of rotatable bonds is 5. The SMILES string of the molecule is O=C(O)c1ccc(Nc2cc(=NC3CC3)n3nc/c(=C/c4[nH]c(=O)[nH]c4O)c3n2)c(F)c1. The Kier molecular flexibility index (Phi) is 4.47. The van der Waals surface area contributed by atoms with Gasteiger partial charge in [-0.05, 0) is 37.1 Å². The number of carboxylic acids is 1. The highest BCUT2D eigenvalue weighted by molar-refractivity contribution is 5.88. The predicted molar refractivity (Wildman–Crippen MR) is 110 cm³/mol. The van der Waals surface area contributed by atoms with E-state index in [1.54, 1.807) is 6.07 Å². The first-order chi connectivity index (χ1) is 15.4. The minimum absolute atomic E-state index is 0.0434. The molecule has 162 valence electrons. The molecule has 0 aliphatic heterocycles. The molecule has 32 heavy (non-hydrogen) atoms. The van der Waals surface area contributed by atoms with E-state index in [9.17, 15) is 19.1 Å². The Labute approximate surface area is 177 Å². The number of nitrogens with one attached hydrogen (secondary N) is 3. The summed E-state index contributed by atoms with van der Waals surface area (Å²) in [6.07, 6.45) is 4.91. The maximum absolute atomic E-state index is 14.4.